The van der Waals surface area contributed by atoms with Crippen LogP contribution < -0.4 is 5.32 Å². The highest BCUT2D eigenvalue weighted by Crippen LogP contribution is 2.34. The molecule has 0 aromatic carbocycles. The molecule has 182 valence electrons. The van der Waals surface area contributed by atoms with Gasteiger partial charge in [-0.1, -0.05) is 19.4 Å². The predicted molar refractivity (Wildman–Crippen MR) is 144 cm³/mol. The minimum Gasteiger partial charge on any atom is -0.352 e. The van der Waals surface area contributed by atoms with Gasteiger partial charge < -0.3 is 10.3 Å². The number of amides is 1. The quantitative estimate of drug-likeness (QED) is 0.263. The molecule has 0 aliphatic carbocycles. The van der Waals surface area contributed by atoms with Gasteiger partial charge in [-0.3, -0.25) is 24.8 Å². The van der Waals surface area contributed by atoms with Gasteiger partial charge in [-0.25, -0.2) is 4.98 Å². The Labute approximate surface area is 212 Å². The van der Waals surface area contributed by atoms with Crippen LogP contribution in [0.1, 0.15) is 26.2 Å². The van der Waals surface area contributed by atoms with Crippen LogP contribution >= 0.6 is 0 Å². The lowest BCUT2D eigenvalue weighted by atomic mass is 10.1. The lowest BCUT2D eigenvalue weighted by Crippen LogP contribution is -2.11. The van der Waals surface area contributed by atoms with Crippen LogP contribution in [0.5, 0.6) is 0 Å². The van der Waals surface area contributed by atoms with E-state index in [0.717, 1.165) is 62.8 Å². The maximum absolute atomic E-state index is 12.2. The van der Waals surface area contributed by atoms with E-state index in [1.165, 1.54) is 0 Å². The minimum absolute atomic E-state index is 0.00884. The zero-order chi connectivity index (χ0) is 25.2. The van der Waals surface area contributed by atoms with Crippen LogP contribution in [-0.4, -0.2) is 41.0 Å². The van der Waals surface area contributed by atoms with Gasteiger partial charge in [0.1, 0.15) is 0 Å². The number of fused-ring (bicyclic) bond motifs is 2. The standard InChI is InChI=1S/C28H24N8O/c1-2-3-6-26(37)33-20-8-18(12-30-14-20)19-9-22-27(35-36-28(22)32-13-19)24-10-21-23(15-31-16-25(21)34-24)17-5-4-7-29-11-17/h4-5,7-16,34H,2-3,6H2,1H3,(H,33,37)(H,32,35,36). The number of carbonyl (C=O) groups excluding carboxylic acids is 1. The third kappa shape index (κ3) is 4.42. The number of nitrogens with zero attached hydrogens (tertiary/aromatic N) is 5. The number of nitrogens with one attached hydrogen (secondary N) is 3. The van der Waals surface area contributed by atoms with E-state index in [9.17, 15) is 4.79 Å². The van der Waals surface area contributed by atoms with E-state index in [1.54, 1.807) is 24.8 Å². The number of aromatic amines is 2. The van der Waals surface area contributed by atoms with Gasteiger partial charge >= 0.3 is 0 Å². The number of H-pyrrole nitrogens is 2. The first kappa shape index (κ1) is 22.5. The second-order valence-electron chi connectivity index (χ2n) is 8.88. The van der Waals surface area contributed by atoms with Gasteiger partial charge in [0.25, 0.3) is 0 Å². The number of unbranched alkanes of at least 4 members (excludes halogenated alkanes) is 1. The SMILES string of the molecule is CCCCC(=O)Nc1cncc(-c2cnc3n[nH]c(-c4cc5c(-c6cccnc6)cncc5[nH]4)c3c2)c1. The van der Waals surface area contributed by atoms with E-state index < -0.39 is 0 Å². The van der Waals surface area contributed by atoms with Gasteiger partial charge in [0.05, 0.1) is 35.0 Å². The molecule has 0 radical (unpaired) electrons. The molecule has 0 saturated heterocycles. The molecule has 0 unspecified atom stereocenters. The molecule has 0 fully saturated rings. The molecule has 9 heteroatoms. The number of carbonyl (C=O) groups is 1. The Kier molecular flexibility index (Phi) is 5.86. The average Bonchev–Trinajstić information content (AvgIpc) is 3.56. The number of rotatable bonds is 7. The van der Waals surface area contributed by atoms with Crippen molar-refractivity contribution in [3.8, 4) is 33.6 Å². The van der Waals surface area contributed by atoms with E-state index in [-0.39, 0.29) is 5.91 Å². The van der Waals surface area contributed by atoms with E-state index >= 15 is 0 Å². The highest BCUT2D eigenvalue weighted by molar-refractivity contribution is 6.00. The molecule has 6 rings (SSSR count). The summed E-state index contributed by atoms with van der Waals surface area (Å²) in [7, 11) is 0. The summed E-state index contributed by atoms with van der Waals surface area (Å²) in [4.78, 5) is 33.2. The Morgan fingerprint density at radius 3 is 2.65 bits per heavy atom. The van der Waals surface area contributed by atoms with Crippen molar-refractivity contribution >= 4 is 33.5 Å². The van der Waals surface area contributed by atoms with Crippen molar-refractivity contribution in [3.63, 3.8) is 0 Å². The molecular formula is C28H24N8O. The van der Waals surface area contributed by atoms with Crippen LogP contribution in [0.2, 0.25) is 0 Å². The van der Waals surface area contributed by atoms with Crippen molar-refractivity contribution in [2.24, 2.45) is 0 Å². The fourth-order valence-corrected chi connectivity index (χ4v) is 4.43. The summed E-state index contributed by atoms with van der Waals surface area (Å²) in [6, 6.07) is 9.97. The Morgan fingerprint density at radius 1 is 0.919 bits per heavy atom. The Morgan fingerprint density at radius 2 is 1.78 bits per heavy atom. The summed E-state index contributed by atoms with van der Waals surface area (Å²) in [6.45, 7) is 2.06. The highest BCUT2D eigenvalue weighted by Gasteiger charge is 2.15. The number of anilines is 1. The van der Waals surface area contributed by atoms with Crippen molar-refractivity contribution < 1.29 is 4.79 Å². The molecule has 6 heterocycles. The third-order valence-electron chi connectivity index (χ3n) is 6.31. The van der Waals surface area contributed by atoms with Crippen molar-refractivity contribution in [2.75, 3.05) is 5.32 Å². The van der Waals surface area contributed by atoms with Crippen LogP contribution in [0.4, 0.5) is 5.69 Å². The average molecular weight is 489 g/mol. The van der Waals surface area contributed by atoms with Gasteiger partial charge in [0.2, 0.25) is 5.91 Å². The number of hydrogen-bond acceptors (Lipinski definition) is 6. The number of hydrogen-bond donors (Lipinski definition) is 3. The number of pyridine rings is 4. The van der Waals surface area contributed by atoms with Crippen molar-refractivity contribution in [3.05, 3.63) is 73.7 Å². The summed E-state index contributed by atoms with van der Waals surface area (Å²) in [5.41, 5.74) is 7.63. The van der Waals surface area contributed by atoms with Crippen LogP contribution in [0.25, 0.3) is 55.6 Å². The maximum Gasteiger partial charge on any atom is 0.224 e. The zero-order valence-electron chi connectivity index (χ0n) is 20.2. The molecule has 0 atom stereocenters. The smallest absolute Gasteiger partial charge is 0.224 e. The molecule has 0 bridgehead atoms. The zero-order valence-corrected chi connectivity index (χ0v) is 20.2. The maximum atomic E-state index is 12.2. The van der Waals surface area contributed by atoms with Gasteiger partial charge in [-0.2, -0.15) is 5.10 Å². The first-order valence-electron chi connectivity index (χ1n) is 12.2. The molecule has 0 aliphatic heterocycles. The second kappa shape index (κ2) is 9.62. The van der Waals surface area contributed by atoms with Crippen molar-refractivity contribution in [1.82, 2.24) is 35.1 Å². The first-order valence-corrected chi connectivity index (χ1v) is 12.2. The summed E-state index contributed by atoms with van der Waals surface area (Å²) in [5.74, 6) is -0.00884. The van der Waals surface area contributed by atoms with Gasteiger partial charge in [-0.05, 0) is 30.7 Å². The topological polar surface area (TPSA) is 125 Å². The Bertz CT molecular complexity index is 1720. The highest BCUT2D eigenvalue weighted by atomic mass is 16.1. The lowest BCUT2D eigenvalue weighted by molar-refractivity contribution is -0.116. The largest absolute Gasteiger partial charge is 0.352 e. The van der Waals surface area contributed by atoms with Crippen molar-refractivity contribution in [1.29, 1.82) is 0 Å². The van der Waals surface area contributed by atoms with Crippen LogP contribution in [0, 0.1) is 0 Å². The van der Waals surface area contributed by atoms with E-state index in [4.69, 9.17) is 0 Å². The molecule has 3 N–H and O–H groups in total. The predicted octanol–water partition coefficient (Wildman–Crippen LogP) is 5.75. The fourth-order valence-electron chi connectivity index (χ4n) is 4.43. The molecule has 0 saturated carbocycles. The minimum atomic E-state index is -0.00884. The van der Waals surface area contributed by atoms with Crippen molar-refractivity contribution in [2.45, 2.75) is 26.2 Å². The lowest BCUT2D eigenvalue weighted by Gasteiger charge is -2.07. The van der Waals surface area contributed by atoms with Crippen LogP contribution in [0.3, 0.4) is 0 Å². The van der Waals surface area contributed by atoms with Gasteiger partial charge in [0, 0.05) is 70.4 Å². The molecule has 0 spiro atoms. The summed E-state index contributed by atoms with van der Waals surface area (Å²) in [6.07, 6.45) is 14.8. The third-order valence-corrected chi connectivity index (χ3v) is 6.31. The normalized spacial score (nSPS) is 11.3. The summed E-state index contributed by atoms with van der Waals surface area (Å²) < 4.78 is 0. The van der Waals surface area contributed by atoms with Crippen LogP contribution in [-0.2, 0) is 4.79 Å². The fraction of sp³-hybridized carbons (Fsp3) is 0.143. The molecule has 0 aliphatic rings. The summed E-state index contributed by atoms with van der Waals surface area (Å²) in [5, 5.41) is 12.4. The molecule has 6 aromatic heterocycles. The first-order chi connectivity index (χ1) is 18.2. The van der Waals surface area contributed by atoms with Crippen LogP contribution in [0.15, 0.2) is 73.7 Å². The Hall–Kier alpha value is -4.92. The molecular weight excluding hydrogens is 464 g/mol. The molecule has 1 amide bonds. The van der Waals surface area contributed by atoms with E-state index in [1.807, 2.05) is 42.9 Å². The number of aromatic nitrogens is 7. The summed E-state index contributed by atoms with van der Waals surface area (Å²) >= 11 is 0. The van der Waals surface area contributed by atoms with Gasteiger partial charge in [0.15, 0.2) is 5.65 Å². The molecule has 37 heavy (non-hydrogen) atoms. The molecule has 9 nitrogen and oxygen atoms in total. The Balaban J connectivity index is 1.37. The van der Waals surface area contributed by atoms with Gasteiger partial charge in [-0.15, -0.1) is 0 Å². The van der Waals surface area contributed by atoms with E-state index in [2.05, 4.69) is 53.4 Å². The molecule has 6 aromatic rings. The monoisotopic (exact) mass is 488 g/mol. The second-order valence-corrected chi connectivity index (χ2v) is 8.88. The van der Waals surface area contributed by atoms with E-state index in [0.29, 0.717) is 17.8 Å².